The Bertz CT molecular complexity index is 1230. The summed E-state index contributed by atoms with van der Waals surface area (Å²) in [6.45, 7) is 4.97. The zero-order chi connectivity index (χ0) is 34.6. The Labute approximate surface area is 269 Å². The molecule has 0 aliphatic heterocycles. The molecule has 11 N–H and O–H groups in total. The molecule has 256 valence electrons. The summed E-state index contributed by atoms with van der Waals surface area (Å²) in [5.41, 5.74) is 16.9. The van der Waals surface area contributed by atoms with Crippen molar-refractivity contribution in [2.75, 3.05) is 20.1 Å². The van der Waals surface area contributed by atoms with E-state index in [4.69, 9.17) is 22.3 Å². The number of benzene rings is 1. The van der Waals surface area contributed by atoms with Crippen molar-refractivity contribution in [1.82, 2.24) is 26.2 Å². The summed E-state index contributed by atoms with van der Waals surface area (Å²) in [4.78, 5) is 76.2. The van der Waals surface area contributed by atoms with Crippen LogP contribution in [-0.4, -0.2) is 101 Å². The van der Waals surface area contributed by atoms with Gasteiger partial charge in [0, 0.05) is 32.0 Å². The molecular formula is C31H50N8O7. The van der Waals surface area contributed by atoms with Gasteiger partial charge in [-0.05, 0) is 37.7 Å². The molecule has 5 atom stereocenters. The van der Waals surface area contributed by atoms with Crippen LogP contribution in [0.2, 0.25) is 0 Å². The first-order valence-corrected chi connectivity index (χ1v) is 15.5. The molecule has 0 saturated heterocycles. The molecule has 15 heteroatoms. The zero-order valence-corrected chi connectivity index (χ0v) is 27.1. The number of nitrogens with zero attached hydrogens (tertiary/aromatic N) is 1. The van der Waals surface area contributed by atoms with Gasteiger partial charge in [0.1, 0.15) is 17.6 Å². The van der Waals surface area contributed by atoms with Crippen molar-refractivity contribution < 1.29 is 33.9 Å². The number of nitrogens with two attached hydrogens (primary N) is 3. The molecule has 1 aliphatic rings. The van der Waals surface area contributed by atoms with E-state index in [0.29, 0.717) is 12.8 Å². The van der Waals surface area contributed by atoms with E-state index in [1.165, 1.54) is 4.90 Å². The lowest BCUT2D eigenvalue weighted by Gasteiger charge is -2.33. The molecule has 0 bridgehead atoms. The summed E-state index contributed by atoms with van der Waals surface area (Å²) in [7, 11) is 1.63. The van der Waals surface area contributed by atoms with Crippen molar-refractivity contribution in [1.29, 1.82) is 0 Å². The molecule has 2 rings (SSSR count). The van der Waals surface area contributed by atoms with E-state index >= 15 is 0 Å². The summed E-state index contributed by atoms with van der Waals surface area (Å²) in [6, 6.07) is 7.16. The van der Waals surface area contributed by atoms with Gasteiger partial charge in [-0.2, -0.15) is 0 Å². The largest absolute Gasteiger partial charge is 0.481 e. The number of carbonyl (C=O) groups excluding carboxylic acids is 5. The van der Waals surface area contributed by atoms with Crippen molar-refractivity contribution in [3.63, 3.8) is 0 Å². The van der Waals surface area contributed by atoms with Crippen molar-refractivity contribution in [2.45, 2.75) is 95.3 Å². The number of rotatable bonds is 21. The van der Waals surface area contributed by atoms with Crippen LogP contribution in [0, 0.1) is 5.92 Å². The van der Waals surface area contributed by atoms with Gasteiger partial charge in [0.2, 0.25) is 17.7 Å². The molecule has 1 saturated carbocycles. The van der Waals surface area contributed by atoms with Gasteiger partial charge in [0.15, 0.2) is 5.78 Å². The highest BCUT2D eigenvalue weighted by Crippen LogP contribution is 2.33. The van der Waals surface area contributed by atoms with Gasteiger partial charge < -0.3 is 37.8 Å². The van der Waals surface area contributed by atoms with Crippen LogP contribution in [0.15, 0.2) is 30.3 Å². The highest BCUT2D eigenvalue weighted by Gasteiger charge is 2.56. The predicted molar refractivity (Wildman–Crippen MR) is 171 cm³/mol. The molecule has 0 aromatic heterocycles. The Morgan fingerprint density at radius 1 is 1.00 bits per heavy atom. The summed E-state index contributed by atoms with van der Waals surface area (Å²) < 4.78 is 0. The van der Waals surface area contributed by atoms with Crippen LogP contribution in [0.5, 0.6) is 0 Å². The minimum Gasteiger partial charge on any atom is -0.481 e. The number of carbonyl (C=O) groups is 6. The number of likely N-dealkylation sites (N-methyl/N-ethyl adjacent to an activating group) is 1. The first-order valence-electron chi connectivity index (χ1n) is 15.5. The van der Waals surface area contributed by atoms with E-state index < -0.39 is 66.5 Å². The number of aliphatic carboxylic acids is 1. The summed E-state index contributed by atoms with van der Waals surface area (Å²) >= 11 is 0. The molecule has 1 unspecified atom stereocenters. The molecular weight excluding hydrogens is 596 g/mol. The number of carboxylic acid groups (broad SMARTS) is 1. The van der Waals surface area contributed by atoms with Crippen LogP contribution in [0.25, 0.3) is 0 Å². The van der Waals surface area contributed by atoms with Crippen molar-refractivity contribution in [2.24, 2.45) is 23.1 Å². The first-order chi connectivity index (χ1) is 21.5. The Hall–Kier alpha value is -3.76. The maximum atomic E-state index is 13.2. The summed E-state index contributed by atoms with van der Waals surface area (Å²) in [6.07, 6.45) is -0.308. The van der Waals surface area contributed by atoms with Gasteiger partial charge in [-0.15, -0.1) is 0 Å². The maximum absolute atomic E-state index is 13.2. The average Bonchev–Trinajstić information content (AvgIpc) is 3.59. The monoisotopic (exact) mass is 646 g/mol. The van der Waals surface area contributed by atoms with Gasteiger partial charge in [0.25, 0.3) is 0 Å². The second-order valence-electron chi connectivity index (χ2n) is 12.4. The van der Waals surface area contributed by atoms with Crippen molar-refractivity contribution in [3.05, 3.63) is 35.9 Å². The number of amides is 3. The van der Waals surface area contributed by atoms with E-state index in [1.54, 1.807) is 7.05 Å². The summed E-state index contributed by atoms with van der Waals surface area (Å²) in [5.74, 6) is -3.47. The lowest BCUT2D eigenvalue weighted by Crippen LogP contribution is -2.52. The highest BCUT2D eigenvalue weighted by molar-refractivity contribution is 6.10. The lowest BCUT2D eigenvalue weighted by atomic mass is 9.95. The SMILES string of the molecule is CC(CC[C@H](NCC(=O)C[C@H](C(C)C)N(C)C(=O)[C@H](N)Cc1ccccc1)C(=O)NCC(=O)N[C@@]1(CC(=O)O)CC1=O)NC(N)N. The topological polar surface area (TPSA) is 252 Å². The molecule has 15 nitrogen and oxygen atoms in total. The fraction of sp³-hybridized carbons (Fsp3) is 0.613. The third-order valence-corrected chi connectivity index (χ3v) is 8.02. The number of nitrogens with one attached hydrogen (secondary N) is 4. The van der Waals surface area contributed by atoms with Gasteiger partial charge in [-0.1, -0.05) is 44.2 Å². The normalized spacial score (nSPS) is 18.4. The van der Waals surface area contributed by atoms with E-state index in [9.17, 15) is 28.8 Å². The second kappa shape index (κ2) is 17.8. The fourth-order valence-corrected chi connectivity index (χ4v) is 5.31. The number of ketones is 2. The first kappa shape index (κ1) is 38.4. The van der Waals surface area contributed by atoms with Crippen LogP contribution in [0.1, 0.15) is 58.4 Å². The lowest BCUT2D eigenvalue weighted by molar-refractivity contribution is -0.139. The summed E-state index contributed by atoms with van der Waals surface area (Å²) in [5, 5.41) is 19.8. The smallest absolute Gasteiger partial charge is 0.306 e. The van der Waals surface area contributed by atoms with E-state index in [1.807, 2.05) is 51.1 Å². The molecule has 0 spiro atoms. The molecule has 0 radical (unpaired) electrons. The van der Waals surface area contributed by atoms with Crippen LogP contribution >= 0.6 is 0 Å². The molecule has 0 heterocycles. The molecule has 1 aromatic rings. The van der Waals surface area contributed by atoms with E-state index in [-0.39, 0.29) is 49.5 Å². The zero-order valence-electron chi connectivity index (χ0n) is 27.1. The van der Waals surface area contributed by atoms with Crippen LogP contribution in [-0.2, 0) is 35.2 Å². The Balaban J connectivity index is 2.00. The van der Waals surface area contributed by atoms with Crippen LogP contribution in [0.3, 0.4) is 0 Å². The third kappa shape index (κ3) is 12.6. The standard InChI is InChI=1S/C31H50N8O7/c1-18(2)24(39(4)29(46)22(32)12-20-8-6-5-7-9-20)13-21(40)16-35-23(11-10-19(3)37-30(33)34)28(45)36-17-26(42)38-31(14-25(31)41)15-27(43)44/h5-9,18-19,22-24,30,35,37H,10-17,32-34H2,1-4H3,(H,36,45)(H,38,42)(H,43,44)/t19?,22-,23+,24-,31-/m1/s1. The second-order valence-corrected chi connectivity index (χ2v) is 12.4. The molecule has 46 heavy (non-hydrogen) atoms. The Morgan fingerprint density at radius 2 is 1.63 bits per heavy atom. The Morgan fingerprint density at radius 3 is 2.17 bits per heavy atom. The maximum Gasteiger partial charge on any atom is 0.306 e. The average molecular weight is 647 g/mol. The molecule has 1 aliphatic carbocycles. The molecule has 1 aromatic carbocycles. The predicted octanol–water partition coefficient (Wildman–Crippen LogP) is -1.67. The highest BCUT2D eigenvalue weighted by atomic mass is 16.4. The molecule has 3 amide bonds. The van der Waals surface area contributed by atoms with Crippen molar-refractivity contribution in [3.8, 4) is 0 Å². The van der Waals surface area contributed by atoms with Gasteiger partial charge >= 0.3 is 5.97 Å². The van der Waals surface area contributed by atoms with Crippen LogP contribution < -0.4 is 38.5 Å². The minimum atomic E-state index is -1.44. The fourth-order valence-electron chi connectivity index (χ4n) is 5.31. The van der Waals surface area contributed by atoms with Gasteiger partial charge in [-0.3, -0.25) is 39.4 Å². The van der Waals surface area contributed by atoms with E-state index in [2.05, 4.69) is 21.3 Å². The third-order valence-electron chi connectivity index (χ3n) is 8.02. The van der Waals surface area contributed by atoms with Gasteiger partial charge in [0.05, 0.1) is 31.6 Å². The number of hydrogen-bond acceptors (Lipinski definition) is 11. The van der Waals surface area contributed by atoms with E-state index in [0.717, 1.165) is 5.56 Å². The number of carboxylic acids is 1. The number of hydrogen-bond donors (Lipinski definition) is 8. The quantitative estimate of drug-likeness (QED) is 0.0699. The van der Waals surface area contributed by atoms with Gasteiger partial charge in [-0.25, -0.2) is 0 Å². The minimum absolute atomic E-state index is 0.0291. The van der Waals surface area contributed by atoms with Crippen molar-refractivity contribution >= 4 is 35.3 Å². The number of Topliss-reactive ketones (excluding diaryl/α,β-unsaturated/α-hetero) is 2. The van der Waals surface area contributed by atoms with Crippen LogP contribution in [0.4, 0.5) is 0 Å². The molecule has 1 fully saturated rings. The Kier molecular flexibility index (Phi) is 14.9.